The van der Waals surface area contributed by atoms with E-state index in [4.69, 9.17) is 9.57 Å². The fraction of sp³-hybridized carbons (Fsp3) is 0.368. The van der Waals surface area contributed by atoms with Crippen molar-refractivity contribution in [2.45, 2.75) is 45.3 Å². The summed E-state index contributed by atoms with van der Waals surface area (Å²) in [6.07, 6.45) is 3.31. The monoisotopic (exact) mass is 372 g/mol. The first kappa shape index (κ1) is 18.6. The van der Waals surface area contributed by atoms with E-state index in [1.807, 2.05) is 0 Å². The van der Waals surface area contributed by atoms with Crippen molar-refractivity contribution in [3.8, 4) is 0 Å². The van der Waals surface area contributed by atoms with Crippen molar-refractivity contribution in [1.82, 2.24) is 9.96 Å². The van der Waals surface area contributed by atoms with E-state index in [-0.39, 0.29) is 17.5 Å². The molecule has 0 radical (unpaired) electrons. The molecule has 142 valence electrons. The van der Waals surface area contributed by atoms with Gasteiger partial charge in [-0.1, -0.05) is 23.3 Å². The first-order valence-corrected chi connectivity index (χ1v) is 8.56. The van der Waals surface area contributed by atoms with E-state index in [1.165, 1.54) is 18.3 Å². The van der Waals surface area contributed by atoms with Crippen molar-refractivity contribution in [2.75, 3.05) is 0 Å². The van der Waals surface area contributed by atoms with Gasteiger partial charge in [-0.25, -0.2) is 9.59 Å². The zero-order chi connectivity index (χ0) is 19.8. The van der Waals surface area contributed by atoms with Gasteiger partial charge in [0.05, 0.1) is 11.1 Å². The Labute approximate surface area is 156 Å². The number of hydrogen-bond acceptors (Lipinski definition) is 6. The average Bonchev–Trinajstić information content (AvgIpc) is 2.85. The van der Waals surface area contributed by atoms with Crippen LogP contribution in [0.25, 0.3) is 0 Å². The molecule has 3 rings (SSSR count). The van der Waals surface area contributed by atoms with Crippen LogP contribution in [-0.2, 0) is 14.4 Å². The minimum Gasteiger partial charge on any atom is -0.443 e. The van der Waals surface area contributed by atoms with Gasteiger partial charge in [0.25, 0.3) is 11.8 Å². The van der Waals surface area contributed by atoms with Crippen LogP contribution in [0.5, 0.6) is 0 Å². The summed E-state index contributed by atoms with van der Waals surface area (Å²) in [6, 6.07) is 5.21. The molecule has 0 saturated carbocycles. The van der Waals surface area contributed by atoms with Crippen molar-refractivity contribution < 1.29 is 28.8 Å². The molecule has 0 fully saturated rings. The molecule has 2 heterocycles. The largest absolute Gasteiger partial charge is 0.443 e. The molecule has 8 heteroatoms. The maximum atomic E-state index is 12.6. The molecule has 2 aliphatic heterocycles. The van der Waals surface area contributed by atoms with Crippen LogP contribution >= 0.6 is 0 Å². The molecule has 0 spiro atoms. The lowest BCUT2D eigenvalue weighted by molar-refractivity contribution is -0.174. The fourth-order valence-corrected chi connectivity index (χ4v) is 2.82. The van der Waals surface area contributed by atoms with Crippen LogP contribution in [0.4, 0.5) is 4.79 Å². The van der Waals surface area contributed by atoms with Gasteiger partial charge in [0.1, 0.15) is 11.6 Å². The quantitative estimate of drug-likeness (QED) is 0.741. The Morgan fingerprint density at radius 2 is 1.67 bits per heavy atom. The fourth-order valence-electron chi connectivity index (χ4n) is 2.82. The Hall–Kier alpha value is -3.16. The maximum absolute atomic E-state index is 12.6. The van der Waals surface area contributed by atoms with E-state index >= 15 is 0 Å². The van der Waals surface area contributed by atoms with E-state index in [9.17, 15) is 19.2 Å². The highest BCUT2D eigenvalue weighted by Gasteiger charge is 2.42. The van der Waals surface area contributed by atoms with Gasteiger partial charge in [0.15, 0.2) is 0 Å². The number of fused-ring (bicyclic) bond motifs is 1. The van der Waals surface area contributed by atoms with Gasteiger partial charge in [-0.3, -0.25) is 14.5 Å². The number of rotatable bonds is 2. The van der Waals surface area contributed by atoms with Gasteiger partial charge >= 0.3 is 12.1 Å². The molecule has 0 N–H and O–H groups in total. The van der Waals surface area contributed by atoms with Gasteiger partial charge in [-0.2, -0.15) is 0 Å². The number of carbonyl (C=O) groups excluding carboxylic acids is 4. The van der Waals surface area contributed by atoms with Crippen molar-refractivity contribution in [2.24, 2.45) is 0 Å². The second kappa shape index (κ2) is 6.86. The molecule has 1 unspecified atom stereocenters. The first-order chi connectivity index (χ1) is 12.7. The summed E-state index contributed by atoms with van der Waals surface area (Å²) < 4.78 is 5.30. The third-order valence-corrected chi connectivity index (χ3v) is 4.02. The summed E-state index contributed by atoms with van der Waals surface area (Å²) in [6.45, 7) is 5.14. The van der Waals surface area contributed by atoms with Crippen LogP contribution in [0.3, 0.4) is 0 Å². The molecule has 27 heavy (non-hydrogen) atoms. The summed E-state index contributed by atoms with van der Waals surface area (Å²) in [5, 5.41) is 0.443. The van der Waals surface area contributed by atoms with Crippen LogP contribution < -0.4 is 0 Å². The maximum Gasteiger partial charge on any atom is 0.415 e. The number of hydrogen-bond donors (Lipinski definition) is 0. The Bertz CT molecular complexity index is 804. The van der Waals surface area contributed by atoms with Crippen LogP contribution in [0.1, 0.15) is 54.3 Å². The highest BCUT2D eigenvalue weighted by molar-refractivity contribution is 6.20. The minimum absolute atomic E-state index is 0.169. The third kappa shape index (κ3) is 3.69. The molecule has 3 amide bonds. The topological polar surface area (TPSA) is 93.2 Å². The Morgan fingerprint density at radius 1 is 1.07 bits per heavy atom. The molecular formula is C19H20N2O6. The number of imide groups is 1. The third-order valence-electron chi connectivity index (χ3n) is 4.02. The van der Waals surface area contributed by atoms with E-state index in [0.29, 0.717) is 11.5 Å². The molecule has 1 aromatic rings. The van der Waals surface area contributed by atoms with Gasteiger partial charge in [0, 0.05) is 6.20 Å². The molecule has 0 saturated heterocycles. The van der Waals surface area contributed by atoms with E-state index < -0.39 is 35.5 Å². The first-order valence-electron chi connectivity index (χ1n) is 8.56. The lowest BCUT2D eigenvalue weighted by Crippen LogP contribution is -2.48. The summed E-state index contributed by atoms with van der Waals surface area (Å²) in [7, 11) is 0. The Balaban J connectivity index is 1.75. The highest BCUT2D eigenvalue weighted by atomic mass is 16.7. The number of benzene rings is 1. The van der Waals surface area contributed by atoms with Gasteiger partial charge in [-0.05, 0) is 45.7 Å². The van der Waals surface area contributed by atoms with Gasteiger partial charge < -0.3 is 9.57 Å². The van der Waals surface area contributed by atoms with Crippen molar-refractivity contribution >= 4 is 23.9 Å². The van der Waals surface area contributed by atoms with Crippen molar-refractivity contribution in [1.29, 1.82) is 0 Å². The minimum atomic E-state index is -0.992. The lowest BCUT2D eigenvalue weighted by Gasteiger charge is -2.32. The predicted molar refractivity (Wildman–Crippen MR) is 93.3 cm³/mol. The summed E-state index contributed by atoms with van der Waals surface area (Å²) in [5.41, 5.74) is -0.398. The molecule has 2 aliphatic rings. The number of amides is 3. The molecule has 1 aromatic carbocycles. The van der Waals surface area contributed by atoms with Crippen LogP contribution in [0, 0.1) is 0 Å². The summed E-state index contributed by atoms with van der Waals surface area (Å²) in [4.78, 5) is 55.9. The second-order valence-corrected chi connectivity index (χ2v) is 7.23. The zero-order valence-electron chi connectivity index (χ0n) is 15.3. The van der Waals surface area contributed by atoms with E-state index in [1.54, 1.807) is 39.0 Å². The normalized spacial score (nSPS) is 19.1. The van der Waals surface area contributed by atoms with Crippen LogP contribution in [0.2, 0.25) is 0 Å². The standard InChI is InChI=1S/C19H20N2O6/c1-19(2,3)26-18(25)20-11-7-6-10-14(20)17(24)27-21-15(22)12-8-4-5-9-13(12)16(21)23/h4-5,7-9,11,14H,6,10H2,1-3H3. The smallest absolute Gasteiger partial charge is 0.415 e. The van der Waals surface area contributed by atoms with Crippen LogP contribution in [0.15, 0.2) is 36.5 Å². The Kier molecular flexibility index (Phi) is 4.73. The molecule has 1 atom stereocenters. The number of hydroxylamine groups is 2. The summed E-state index contributed by atoms with van der Waals surface area (Å²) in [5.74, 6) is -2.29. The zero-order valence-corrected chi connectivity index (χ0v) is 15.3. The summed E-state index contributed by atoms with van der Waals surface area (Å²) >= 11 is 0. The number of carbonyl (C=O) groups is 4. The lowest BCUT2D eigenvalue weighted by atomic mass is 10.1. The molecule has 0 bridgehead atoms. The number of allylic oxidation sites excluding steroid dienone is 1. The molecule has 0 aliphatic carbocycles. The highest BCUT2D eigenvalue weighted by Crippen LogP contribution is 2.25. The molecular weight excluding hydrogens is 352 g/mol. The van der Waals surface area contributed by atoms with Gasteiger partial charge in [-0.15, -0.1) is 0 Å². The van der Waals surface area contributed by atoms with Crippen molar-refractivity contribution in [3.05, 3.63) is 47.7 Å². The second-order valence-electron chi connectivity index (χ2n) is 7.23. The molecule has 0 aromatic heterocycles. The Morgan fingerprint density at radius 3 is 2.22 bits per heavy atom. The number of ether oxygens (including phenoxy) is 1. The molecule has 8 nitrogen and oxygen atoms in total. The van der Waals surface area contributed by atoms with Gasteiger partial charge in [0.2, 0.25) is 0 Å². The predicted octanol–water partition coefficient (Wildman–Crippen LogP) is 2.65. The van der Waals surface area contributed by atoms with E-state index in [0.717, 1.165) is 4.90 Å². The average molecular weight is 372 g/mol. The number of nitrogens with zero attached hydrogens (tertiary/aromatic N) is 2. The van der Waals surface area contributed by atoms with Crippen LogP contribution in [-0.4, -0.2) is 45.5 Å². The SMILES string of the molecule is CC(C)(C)OC(=O)N1C=CCCC1C(=O)ON1C(=O)c2ccccc2C1=O. The van der Waals surface area contributed by atoms with Crippen molar-refractivity contribution in [3.63, 3.8) is 0 Å². The van der Waals surface area contributed by atoms with E-state index in [2.05, 4.69) is 0 Å².